The Morgan fingerprint density at radius 2 is 0.821 bits per heavy atom. The van der Waals surface area contributed by atoms with Crippen molar-refractivity contribution in [2.45, 2.75) is 0 Å². The maximum Gasteiger partial charge on any atom is 0.0417 e. The molecule has 0 unspecified atom stereocenters. The fourth-order valence-corrected chi connectivity index (χ4v) is 5.36. The van der Waals surface area contributed by atoms with Crippen LogP contribution >= 0.6 is 86.9 Å². The summed E-state index contributed by atoms with van der Waals surface area (Å²) in [6, 6.07) is 15.7. The third kappa shape index (κ3) is 5.84. The zero-order chi connectivity index (χ0) is 20.3. The predicted molar refractivity (Wildman–Crippen MR) is 138 cm³/mol. The molecule has 0 nitrogen and oxygen atoms in total. The molecule has 0 saturated carbocycles. The summed E-state index contributed by atoms with van der Waals surface area (Å²) in [6.45, 7) is 0. The molecule has 0 aliphatic rings. The van der Waals surface area contributed by atoms with Gasteiger partial charge in [-0.25, -0.2) is 0 Å². The van der Waals surface area contributed by atoms with Crippen LogP contribution in [0.4, 0.5) is 0 Å². The zero-order valence-corrected chi connectivity index (χ0v) is 22.1. The van der Waals surface area contributed by atoms with E-state index < -0.39 is 0 Å². The van der Waals surface area contributed by atoms with Crippen molar-refractivity contribution in [3.05, 3.63) is 98.7 Å². The fraction of sp³-hybridized carbons (Fsp3) is 0. The van der Waals surface area contributed by atoms with Gasteiger partial charge >= 0.3 is 0 Å². The van der Waals surface area contributed by atoms with Gasteiger partial charge in [-0.3, -0.25) is 0 Å². The summed E-state index contributed by atoms with van der Waals surface area (Å²) >= 11 is 26.4. The second-order valence-electron chi connectivity index (χ2n) is 5.89. The zero-order valence-electron chi connectivity index (χ0n) is 14.2. The van der Waals surface area contributed by atoms with Crippen molar-refractivity contribution in [3.63, 3.8) is 0 Å². The lowest BCUT2D eigenvalue weighted by Gasteiger charge is -2.06. The molecule has 28 heavy (non-hydrogen) atoms. The van der Waals surface area contributed by atoms with Gasteiger partial charge in [0.25, 0.3) is 0 Å². The molecule has 6 heteroatoms. The minimum atomic E-state index is 0.703. The van der Waals surface area contributed by atoms with Crippen LogP contribution in [0.15, 0.2) is 66.4 Å². The van der Waals surface area contributed by atoms with Crippen molar-refractivity contribution >= 4 is 111 Å². The van der Waals surface area contributed by atoms with Crippen LogP contribution in [0.3, 0.4) is 0 Å². The number of hydrogen-bond acceptors (Lipinski definition) is 0. The second kappa shape index (κ2) is 10.1. The second-order valence-corrected chi connectivity index (χ2v) is 10.2. The molecule has 0 N–H and O–H groups in total. The topological polar surface area (TPSA) is 0 Å². The van der Waals surface area contributed by atoms with E-state index in [0.717, 1.165) is 40.1 Å². The lowest BCUT2D eigenvalue weighted by Crippen LogP contribution is -1.83. The van der Waals surface area contributed by atoms with Gasteiger partial charge in [0, 0.05) is 27.9 Å². The Kier molecular flexibility index (Phi) is 8.05. The molecule has 3 aromatic rings. The van der Waals surface area contributed by atoms with Crippen LogP contribution in [-0.2, 0) is 0 Å². The van der Waals surface area contributed by atoms with E-state index in [9.17, 15) is 0 Å². The first-order valence-electron chi connectivity index (χ1n) is 8.09. The highest BCUT2D eigenvalue weighted by Gasteiger charge is 2.05. The number of benzene rings is 3. The van der Waals surface area contributed by atoms with Crippen LogP contribution in [-0.4, -0.2) is 0 Å². The summed E-state index contributed by atoms with van der Waals surface area (Å²) in [7, 11) is 0. The predicted octanol–water partition coefficient (Wildman–Crippen LogP) is 10.4. The van der Waals surface area contributed by atoms with Gasteiger partial charge in [0.1, 0.15) is 0 Å². The molecule has 142 valence electrons. The van der Waals surface area contributed by atoms with E-state index in [1.54, 1.807) is 0 Å². The number of hydrogen-bond donors (Lipinski definition) is 0. The Bertz CT molecular complexity index is 1010. The largest absolute Gasteiger partial charge is 0.0843 e. The third-order valence-corrected chi connectivity index (χ3v) is 7.14. The van der Waals surface area contributed by atoms with Gasteiger partial charge in [0.2, 0.25) is 0 Å². The highest BCUT2D eigenvalue weighted by atomic mass is 79.9. The highest BCUT2D eigenvalue weighted by Crippen LogP contribution is 2.31. The van der Waals surface area contributed by atoms with Crippen LogP contribution in [0.2, 0.25) is 10.0 Å². The highest BCUT2D eigenvalue weighted by molar-refractivity contribution is 9.11. The molecule has 0 aliphatic carbocycles. The van der Waals surface area contributed by atoms with Gasteiger partial charge in [-0.2, -0.15) is 0 Å². The van der Waals surface area contributed by atoms with Crippen molar-refractivity contribution < 1.29 is 0 Å². The lowest BCUT2D eigenvalue weighted by atomic mass is 10.1. The average molecular weight is 667 g/mol. The maximum atomic E-state index is 6.02. The first-order valence-corrected chi connectivity index (χ1v) is 12.0. The maximum absolute atomic E-state index is 6.02. The quantitative estimate of drug-likeness (QED) is 0.243. The van der Waals surface area contributed by atoms with Crippen LogP contribution in [0.5, 0.6) is 0 Å². The molecule has 0 spiro atoms. The van der Waals surface area contributed by atoms with E-state index in [2.05, 4.69) is 94.1 Å². The Morgan fingerprint density at radius 1 is 0.464 bits per heavy atom. The van der Waals surface area contributed by atoms with Crippen molar-refractivity contribution in [1.29, 1.82) is 0 Å². The Balaban J connectivity index is 1.92. The van der Waals surface area contributed by atoms with Gasteiger partial charge in [-0.05, 0) is 58.7 Å². The summed E-state index contributed by atoms with van der Waals surface area (Å²) in [6.07, 6.45) is 8.25. The van der Waals surface area contributed by atoms with Gasteiger partial charge < -0.3 is 0 Å². The Hall–Kier alpha value is -0.360. The van der Waals surface area contributed by atoms with E-state index in [1.165, 1.54) is 0 Å². The van der Waals surface area contributed by atoms with Crippen molar-refractivity contribution in [3.8, 4) is 0 Å². The summed E-state index contributed by atoms with van der Waals surface area (Å²) in [5.74, 6) is 0. The first kappa shape index (κ1) is 22.3. The van der Waals surface area contributed by atoms with E-state index in [4.69, 9.17) is 23.2 Å². The van der Waals surface area contributed by atoms with E-state index in [1.807, 2.05) is 42.5 Å². The SMILES string of the molecule is Clc1ccc(/C=C\c2cc(/C=C\c3ccc(Cl)cc3Br)c(Br)cc2Br)c(Br)c1. The number of rotatable bonds is 4. The van der Waals surface area contributed by atoms with E-state index >= 15 is 0 Å². The molecule has 3 aromatic carbocycles. The van der Waals surface area contributed by atoms with E-state index in [0.29, 0.717) is 10.0 Å². The molecule has 0 fully saturated rings. The molecular weight excluding hydrogens is 655 g/mol. The summed E-state index contributed by atoms with van der Waals surface area (Å²) in [5.41, 5.74) is 4.25. The lowest BCUT2D eigenvalue weighted by molar-refractivity contribution is 1.52. The van der Waals surface area contributed by atoms with Crippen molar-refractivity contribution in [2.24, 2.45) is 0 Å². The summed E-state index contributed by atoms with van der Waals surface area (Å²) < 4.78 is 3.92. The van der Waals surface area contributed by atoms with Gasteiger partial charge in [-0.15, -0.1) is 0 Å². The van der Waals surface area contributed by atoms with Gasteiger partial charge in [0.15, 0.2) is 0 Å². The molecule has 0 atom stereocenters. The minimum Gasteiger partial charge on any atom is -0.0843 e. The van der Waals surface area contributed by atoms with Crippen LogP contribution in [0.1, 0.15) is 22.3 Å². The van der Waals surface area contributed by atoms with Crippen LogP contribution < -0.4 is 0 Å². The number of halogens is 6. The average Bonchev–Trinajstić information content (AvgIpc) is 2.62. The summed E-state index contributed by atoms with van der Waals surface area (Å²) in [5, 5.41) is 1.41. The molecule has 0 heterocycles. The minimum absolute atomic E-state index is 0.703. The van der Waals surface area contributed by atoms with E-state index in [-0.39, 0.29) is 0 Å². The smallest absolute Gasteiger partial charge is 0.0417 e. The molecule has 3 rings (SSSR count). The normalized spacial score (nSPS) is 11.6. The standard InChI is InChI=1S/C22H12Br4Cl2/c23-19-10-17(27)7-5-13(19)1-3-15-9-16(22(26)12-21(15)25)4-2-14-6-8-18(28)11-20(14)24/h1-12H/b3-1-,4-2-. The molecule has 0 bridgehead atoms. The Morgan fingerprint density at radius 3 is 1.21 bits per heavy atom. The van der Waals surface area contributed by atoms with Crippen molar-refractivity contribution in [1.82, 2.24) is 0 Å². The van der Waals surface area contributed by atoms with Crippen molar-refractivity contribution in [2.75, 3.05) is 0 Å². The fourth-order valence-electron chi connectivity index (χ4n) is 2.47. The first-order chi connectivity index (χ1) is 13.3. The van der Waals surface area contributed by atoms with Gasteiger partial charge in [-0.1, -0.05) is 123 Å². The Labute approximate surface area is 208 Å². The molecule has 0 aliphatic heterocycles. The monoisotopic (exact) mass is 662 g/mol. The molecule has 0 saturated heterocycles. The van der Waals surface area contributed by atoms with Crippen LogP contribution in [0.25, 0.3) is 24.3 Å². The molecule has 0 radical (unpaired) electrons. The third-order valence-electron chi connectivity index (χ3n) is 3.93. The molecule has 0 aromatic heterocycles. The molecule has 0 amide bonds. The molecular formula is C22H12Br4Cl2. The summed E-state index contributed by atoms with van der Waals surface area (Å²) in [4.78, 5) is 0. The van der Waals surface area contributed by atoms with Crippen LogP contribution in [0, 0.1) is 0 Å². The van der Waals surface area contributed by atoms with Gasteiger partial charge in [0.05, 0.1) is 0 Å².